The van der Waals surface area contributed by atoms with Crippen molar-refractivity contribution < 1.29 is 9.18 Å². The van der Waals surface area contributed by atoms with Crippen LogP contribution < -0.4 is 11.1 Å². The van der Waals surface area contributed by atoms with Gasteiger partial charge in [0.2, 0.25) is 0 Å². The molecular formula is C11H15BrClFN2O. The highest BCUT2D eigenvalue weighted by Gasteiger charge is 2.15. The molecule has 0 unspecified atom stereocenters. The van der Waals surface area contributed by atoms with Gasteiger partial charge in [-0.25, -0.2) is 4.39 Å². The van der Waals surface area contributed by atoms with Crippen LogP contribution in [0.3, 0.4) is 0 Å². The Kier molecular flexibility index (Phi) is 6.09. The summed E-state index contributed by atoms with van der Waals surface area (Å²) in [5.74, 6) is -1.01. The van der Waals surface area contributed by atoms with Crippen molar-refractivity contribution in [2.75, 3.05) is 6.54 Å². The van der Waals surface area contributed by atoms with E-state index in [-0.39, 0.29) is 18.0 Å². The van der Waals surface area contributed by atoms with Gasteiger partial charge in [-0.05, 0) is 32.0 Å². The van der Waals surface area contributed by atoms with Crippen molar-refractivity contribution in [2.45, 2.75) is 19.4 Å². The second kappa shape index (κ2) is 6.33. The first-order chi connectivity index (χ1) is 7.29. The van der Waals surface area contributed by atoms with Crippen molar-refractivity contribution in [1.82, 2.24) is 5.32 Å². The first kappa shape index (κ1) is 16.4. The van der Waals surface area contributed by atoms with Gasteiger partial charge in [-0.15, -0.1) is 12.4 Å². The number of carbonyl (C=O) groups excluding carboxylic acids is 1. The van der Waals surface area contributed by atoms with Gasteiger partial charge in [-0.3, -0.25) is 4.79 Å². The Morgan fingerprint density at radius 3 is 2.59 bits per heavy atom. The van der Waals surface area contributed by atoms with Gasteiger partial charge in [0.05, 0.1) is 5.56 Å². The van der Waals surface area contributed by atoms with Crippen LogP contribution in [-0.4, -0.2) is 18.0 Å². The standard InChI is InChI=1S/C11H14BrFN2O.ClH/c1-11(2,14)6-15-10(16)8-4-3-7(12)5-9(8)13;/h3-5H,6,14H2,1-2H3,(H,15,16);1H. The fourth-order valence-corrected chi connectivity index (χ4v) is 1.41. The van der Waals surface area contributed by atoms with Crippen LogP contribution in [0.2, 0.25) is 0 Å². The van der Waals surface area contributed by atoms with Crippen molar-refractivity contribution in [3.05, 3.63) is 34.1 Å². The molecule has 0 fully saturated rings. The van der Waals surface area contributed by atoms with Gasteiger partial charge in [0.25, 0.3) is 5.91 Å². The summed E-state index contributed by atoms with van der Waals surface area (Å²) < 4.78 is 14.0. The van der Waals surface area contributed by atoms with Crippen molar-refractivity contribution >= 4 is 34.2 Å². The number of nitrogens with one attached hydrogen (secondary N) is 1. The maximum absolute atomic E-state index is 13.4. The van der Waals surface area contributed by atoms with Crippen LogP contribution in [0.1, 0.15) is 24.2 Å². The van der Waals surface area contributed by atoms with Crippen molar-refractivity contribution in [3.8, 4) is 0 Å². The van der Waals surface area contributed by atoms with E-state index in [0.29, 0.717) is 11.0 Å². The molecule has 0 bridgehead atoms. The summed E-state index contributed by atoms with van der Waals surface area (Å²) in [7, 11) is 0. The summed E-state index contributed by atoms with van der Waals surface area (Å²) in [4.78, 5) is 11.6. The first-order valence-corrected chi connectivity index (χ1v) is 5.61. The summed E-state index contributed by atoms with van der Waals surface area (Å²) in [5, 5.41) is 2.58. The largest absolute Gasteiger partial charge is 0.350 e. The van der Waals surface area contributed by atoms with Crippen molar-refractivity contribution in [3.63, 3.8) is 0 Å². The third-order valence-electron chi connectivity index (χ3n) is 1.88. The smallest absolute Gasteiger partial charge is 0.254 e. The van der Waals surface area contributed by atoms with Gasteiger partial charge in [-0.1, -0.05) is 15.9 Å². The number of rotatable bonds is 3. The van der Waals surface area contributed by atoms with E-state index >= 15 is 0 Å². The maximum Gasteiger partial charge on any atom is 0.254 e. The zero-order valence-corrected chi connectivity index (χ0v) is 12.0. The van der Waals surface area contributed by atoms with E-state index in [4.69, 9.17) is 5.73 Å². The highest BCUT2D eigenvalue weighted by atomic mass is 79.9. The molecule has 1 aromatic carbocycles. The summed E-state index contributed by atoms with van der Waals surface area (Å²) in [6.07, 6.45) is 0. The average Bonchev–Trinajstić information content (AvgIpc) is 2.13. The third kappa shape index (κ3) is 5.48. The molecule has 0 aliphatic heterocycles. The molecule has 0 heterocycles. The van der Waals surface area contributed by atoms with Crippen LogP contribution in [0.4, 0.5) is 4.39 Å². The molecule has 0 aliphatic rings. The fraction of sp³-hybridized carbons (Fsp3) is 0.364. The Balaban J connectivity index is 0.00000256. The predicted octanol–water partition coefficient (Wildman–Crippen LogP) is 2.48. The molecule has 0 saturated carbocycles. The summed E-state index contributed by atoms with van der Waals surface area (Å²) in [5.41, 5.74) is 5.22. The molecule has 0 spiro atoms. The number of halogens is 3. The van der Waals surface area contributed by atoms with Crippen molar-refractivity contribution in [1.29, 1.82) is 0 Å². The molecule has 1 rings (SSSR count). The number of nitrogens with two attached hydrogens (primary N) is 1. The van der Waals surface area contributed by atoms with E-state index in [0.717, 1.165) is 0 Å². The first-order valence-electron chi connectivity index (χ1n) is 4.82. The quantitative estimate of drug-likeness (QED) is 0.897. The van der Waals surface area contributed by atoms with Gasteiger partial charge in [0.15, 0.2) is 0 Å². The van der Waals surface area contributed by atoms with E-state index in [1.165, 1.54) is 12.1 Å². The van der Waals surface area contributed by atoms with Crippen LogP contribution >= 0.6 is 28.3 Å². The minimum Gasteiger partial charge on any atom is -0.350 e. The summed E-state index contributed by atoms with van der Waals surface area (Å²) in [6.45, 7) is 3.86. The lowest BCUT2D eigenvalue weighted by Crippen LogP contribution is -2.45. The van der Waals surface area contributed by atoms with Crippen LogP contribution in [0, 0.1) is 5.82 Å². The van der Waals surface area contributed by atoms with Gasteiger partial charge in [-0.2, -0.15) is 0 Å². The van der Waals surface area contributed by atoms with E-state index < -0.39 is 17.3 Å². The maximum atomic E-state index is 13.4. The number of hydrogen-bond donors (Lipinski definition) is 2. The molecule has 17 heavy (non-hydrogen) atoms. The second-order valence-corrected chi connectivity index (χ2v) is 5.21. The van der Waals surface area contributed by atoms with E-state index in [1.54, 1.807) is 19.9 Å². The fourth-order valence-electron chi connectivity index (χ4n) is 1.08. The highest BCUT2D eigenvalue weighted by molar-refractivity contribution is 9.10. The lowest BCUT2D eigenvalue weighted by Gasteiger charge is -2.18. The molecule has 1 aromatic rings. The summed E-state index contributed by atoms with van der Waals surface area (Å²) in [6, 6.07) is 4.30. The van der Waals surface area contributed by atoms with E-state index in [1.807, 2.05) is 0 Å². The normalized spacial score (nSPS) is 10.6. The van der Waals surface area contributed by atoms with Gasteiger partial charge >= 0.3 is 0 Å². The highest BCUT2D eigenvalue weighted by Crippen LogP contribution is 2.15. The molecule has 0 atom stereocenters. The molecule has 96 valence electrons. The molecule has 6 heteroatoms. The number of amides is 1. The van der Waals surface area contributed by atoms with Crippen molar-refractivity contribution in [2.24, 2.45) is 5.73 Å². The lowest BCUT2D eigenvalue weighted by molar-refractivity contribution is 0.0942. The van der Waals surface area contributed by atoms with Gasteiger partial charge in [0, 0.05) is 16.6 Å². The predicted molar refractivity (Wildman–Crippen MR) is 71.9 cm³/mol. The minimum atomic E-state index is -0.554. The SMILES string of the molecule is CC(C)(N)CNC(=O)c1ccc(Br)cc1F.Cl. The number of hydrogen-bond acceptors (Lipinski definition) is 2. The second-order valence-electron chi connectivity index (χ2n) is 4.30. The van der Waals surface area contributed by atoms with Gasteiger partial charge < -0.3 is 11.1 Å². The summed E-state index contributed by atoms with van der Waals surface area (Å²) >= 11 is 3.12. The minimum absolute atomic E-state index is 0. The van der Waals surface area contributed by atoms with Crippen LogP contribution in [0.5, 0.6) is 0 Å². The lowest BCUT2D eigenvalue weighted by atomic mass is 10.1. The Morgan fingerprint density at radius 2 is 2.12 bits per heavy atom. The third-order valence-corrected chi connectivity index (χ3v) is 2.37. The topological polar surface area (TPSA) is 55.1 Å². The Hall–Kier alpha value is -0.650. The molecule has 3 N–H and O–H groups in total. The van der Waals surface area contributed by atoms with Gasteiger partial charge in [0.1, 0.15) is 5.82 Å². The Labute approximate surface area is 114 Å². The molecule has 3 nitrogen and oxygen atoms in total. The molecule has 0 aromatic heterocycles. The van der Waals surface area contributed by atoms with Crippen LogP contribution in [0.25, 0.3) is 0 Å². The van der Waals surface area contributed by atoms with Crippen LogP contribution in [-0.2, 0) is 0 Å². The molecule has 0 saturated heterocycles. The van der Waals surface area contributed by atoms with Crippen LogP contribution in [0.15, 0.2) is 22.7 Å². The number of benzene rings is 1. The molecular weight excluding hydrogens is 310 g/mol. The molecule has 0 aliphatic carbocycles. The van der Waals surface area contributed by atoms with E-state index in [9.17, 15) is 9.18 Å². The number of carbonyl (C=O) groups is 1. The molecule has 1 amide bonds. The zero-order chi connectivity index (χ0) is 12.3. The average molecular weight is 326 g/mol. The molecule has 0 radical (unpaired) electrons. The van der Waals surface area contributed by atoms with E-state index in [2.05, 4.69) is 21.2 Å². The Bertz CT molecular complexity index is 407. The monoisotopic (exact) mass is 324 g/mol. The Morgan fingerprint density at radius 1 is 1.53 bits per heavy atom. The zero-order valence-electron chi connectivity index (χ0n) is 9.59.